The van der Waals surface area contributed by atoms with Gasteiger partial charge in [-0.25, -0.2) is 0 Å². The number of carbonyl (C=O) groups excluding carboxylic acids is 3. The molecule has 4 atom stereocenters. The van der Waals surface area contributed by atoms with Gasteiger partial charge in [0.05, 0.1) is 11.8 Å². The predicted octanol–water partition coefficient (Wildman–Crippen LogP) is 3.20. The van der Waals surface area contributed by atoms with Crippen LogP contribution in [-0.4, -0.2) is 35.2 Å². The highest BCUT2D eigenvalue weighted by Gasteiger charge is 2.70. The molecule has 2 unspecified atom stereocenters. The molecule has 2 saturated heterocycles. The van der Waals surface area contributed by atoms with E-state index in [0.29, 0.717) is 25.1 Å². The molecule has 3 aliphatic rings. The van der Waals surface area contributed by atoms with Gasteiger partial charge in [-0.1, -0.05) is 78.4 Å². The van der Waals surface area contributed by atoms with E-state index in [2.05, 4.69) is 10.6 Å². The van der Waals surface area contributed by atoms with E-state index in [9.17, 15) is 14.4 Å². The SMILES string of the molecule is Cc1ccc2c(c1)C1(NC(Cc3ccccc3)[C@H]3C(=O)N(CCc4ccccc4)C(=O)[C@H]31)C(=O)N2. The van der Waals surface area contributed by atoms with E-state index in [0.717, 1.165) is 22.3 Å². The number of aryl methyl sites for hydroxylation is 1. The normalized spacial score (nSPS) is 26.8. The summed E-state index contributed by atoms with van der Waals surface area (Å²) in [5, 5.41) is 6.50. The molecule has 6 heteroatoms. The minimum atomic E-state index is -1.25. The number of likely N-dealkylation sites (tertiary alicyclic amines) is 1. The number of anilines is 1. The maximum atomic E-state index is 13.9. The maximum absolute atomic E-state index is 13.9. The Morgan fingerprint density at radius 3 is 2.26 bits per heavy atom. The van der Waals surface area contributed by atoms with E-state index in [-0.39, 0.29) is 23.8 Å². The fourth-order valence-electron chi connectivity index (χ4n) is 6.12. The number of amides is 3. The standard InChI is InChI=1S/C29H27N3O3/c1-18-12-13-22-21(16-18)29(28(35)30-22)25-24(23(31-29)17-20-10-6-3-7-11-20)26(33)32(27(25)34)15-14-19-8-4-2-5-9-19/h2-13,16,23-25,31H,14-15,17H2,1H3,(H,30,35)/t23?,24-,25+,29?/m1/s1. The zero-order valence-electron chi connectivity index (χ0n) is 19.5. The summed E-state index contributed by atoms with van der Waals surface area (Å²) in [4.78, 5) is 42.7. The third kappa shape index (κ3) is 3.32. The summed E-state index contributed by atoms with van der Waals surface area (Å²) in [6.45, 7) is 2.28. The van der Waals surface area contributed by atoms with Crippen molar-refractivity contribution in [1.29, 1.82) is 0 Å². The molecular weight excluding hydrogens is 438 g/mol. The van der Waals surface area contributed by atoms with Gasteiger partial charge in [-0.2, -0.15) is 0 Å². The van der Waals surface area contributed by atoms with Crippen molar-refractivity contribution in [2.24, 2.45) is 11.8 Å². The molecule has 35 heavy (non-hydrogen) atoms. The molecule has 0 bridgehead atoms. The number of hydrogen-bond acceptors (Lipinski definition) is 4. The highest BCUT2D eigenvalue weighted by molar-refractivity contribution is 6.15. The average Bonchev–Trinajstić information content (AvgIpc) is 3.44. The minimum absolute atomic E-state index is 0.185. The van der Waals surface area contributed by atoms with Crippen molar-refractivity contribution >= 4 is 23.4 Å². The summed E-state index contributed by atoms with van der Waals surface area (Å²) in [5.41, 5.74) is 3.35. The van der Waals surface area contributed by atoms with Crippen LogP contribution in [0.2, 0.25) is 0 Å². The third-order valence-electron chi connectivity index (χ3n) is 7.73. The van der Waals surface area contributed by atoms with Gasteiger partial charge in [0.25, 0.3) is 0 Å². The number of nitrogens with zero attached hydrogens (tertiary/aromatic N) is 1. The van der Waals surface area contributed by atoms with Crippen molar-refractivity contribution in [2.45, 2.75) is 31.3 Å². The molecule has 2 fully saturated rings. The van der Waals surface area contributed by atoms with E-state index in [4.69, 9.17) is 0 Å². The Morgan fingerprint density at radius 1 is 0.857 bits per heavy atom. The first kappa shape index (κ1) is 21.7. The molecule has 6 rings (SSSR count). The Kier molecular flexibility index (Phi) is 5.07. The molecule has 3 heterocycles. The van der Waals surface area contributed by atoms with Gasteiger partial charge in [-0.15, -0.1) is 0 Å². The molecule has 0 saturated carbocycles. The lowest BCUT2D eigenvalue weighted by molar-refractivity contribution is -0.142. The van der Waals surface area contributed by atoms with Gasteiger partial charge in [0.2, 0.25) is 17.7 Å². The van der Waals surface area contributed by atoms with Gasteiger partial charge in [-0.05, 0) is 37.0 Å². The molecule has 1 spiro atoms. The molecule has 3 aromatic rings. The van der Waals surface area contributed by atoms with Crippen LogP contribution in [0.4, 0.5) is 5.69 Å². The van der Waals surface area contributed by atoms with Crippen molar-refractivity contribution in [3.8, 4) is 0 Å². The van der Waals surface area contributed by atoms with Crippen molar-refractivity contribution in [1.82, 2.24) is 10.2 Å². The van der Waals surface area contributed by atoms with Crippen LogP contribution in [0.1, 0.15) is 22.3 Å². The predicted molar refractivity (Wildman–Crippen MR) is 132 cm³/mol. The number of carbonyl (C=O) groups is 3. The average molecular weight is 466 g/mol. The van der Waals surface area contributed by atoms with Crippen molar-refractivity contribution in [3.63, 3.8) is 0 Å². The number of fused-ring (bicyclic) bond motifs is 4. The van der Waals surface area contributed by atoms with Gasteiger partial charge in [0, 0.05) is 23.8 Å². The summed E-state index contributed by atoms with van der Waals surface area (Å²) in [6.07, 6.45) is 1.15. The summed E-state index contributed by atoms with van der Waals surface area (Å²) >= 11 is 0. The molecule has 0 aliphatic carbocycles. The molecule has 0 radical (unpaired) electrons. The molecule has 3 amide bonds. The van der Waals surface area contributed by atoms with Gasteiger partial charge in [-0.3, -0.25) is 24.6 Å². The smallest absolute Gasteiger partial charge is 0.250 e. The number of benzene rings is 3. The molecule has 6 nitrogen and oxygen atoms in total. The van der Waals surface area contributed by atoms with Crippen LogP contribution in [0.3, 0.4) is 0 Å². The number of hydrogen-bond donors (Lipinski definition) is 2. The Hall–Kier alpha value is -3.77. The lowest BCUT2D eigenvalue weighted by Crippen LogP contribution is -2.53. The van der Waals surface area contributed by atoms with E-state index < -0.39 is 17.4 Å². The molecule has 3 aromatic carbocycles. The van der Waals surface area contributed by atoms with Gasteiger partial charge in [0.15, 0.2) is 0 Å². The number of nitrogens with one attached hydrogen (secondary N) is 2. The van der Waals surface area contributed by atoms with Crippen LogP contribution in [0.25, 0.3) is 0 Å². The first-order chi connectivity index (χ1) is 17.0. The Labute approximate surface area is 204 Å². The molecule has 0 aromatic heterocycles. The van der Waals surface area contributed by atoms with Crippen LogP contribution in [0, 0.1) is 18.8 Å². The van der Waals surface area contributed by atoms with E-state index in [1.165, 1.54) is 4.90 Å². The first-order valence-corrected chi connectivity index (χ1v) is 12.1. The van der Waals surface area contributed by atoms with Crippen molar-refractivity contribution in [2.75, 3.05) is 11.9 Å². The Morgan fingerprint density at radius 2 is 1.54 bits per heavy atom. The second-order valence-electron chi connectivity index (χ2n) is 9.82. The molecule has 3 aliphatic heterocycles. The van der Waals surface area contributed by atoms with Crippen LogP contribution >= 0.6 is 0 Å². The number of rotatable bonds is 5. The Bertz CT molecular complexity index is 1320. The summed E-state index contributed by atoms with van der Waals surface area (Å²) in [7, 11) is 0. The van der Waals surface area contributed by atoms with E-state index >= 15 is 0 Å². The zero-order valence-corrected chi connectivity index (χ0v) is 19.5. The van der Waals surface area contributed by atoms with Crippen LogP contribution in [0.15, 0.2) is 78.9 Å². The first-order valence-electron chi connectivity index (χ1n) is 12.1. The van der Waals surface area contributed by atoms with Gasteiger partial charge >= 0.3 is 0 Å². The second-order valence-corrected chi connectivity index (χ2v) is 9.82. The lowest BCUT2D eigenvalue weighted by Gasteiger charge is -2.29. The van der Waals surface area contributed by atoms with E-state index in [1.54, 1.807) is 0 Å². The summed E-state index contributed by atoms with van der Waals surface area (Å²) < 4.78 is 0. The highest BCUT2D eigenvalue weighted by Crippen LogP contribution is 2.53. The largest absolute Gasteiger partial charge is 0.324 e. The van der Waals surface area contributed by atoms with Crippen LogP contribution in [-0.2, 0) is 32.8 Å². The minimum Gasteiger partial charge on any atom is -0.324 e. The maximum Gasteiger partial charge on any atom is 0.250 e. The topological polar surface area (TPSA) is 78.5 Å². The summed E-state index contributed by atoms with van der Waals surface area (Å²) in [5.74, 6) is -2.08. The van der Waals surface area contributed by atoms with E-state index in [1.807, 2.05) is 85.8 Å². The summed E-state index contributed by atoms with van der Waals surface area (Å²) in [6, 6.07) is 25.2. The second kappa shape index (κ2) is 8.17. The fraction of sp³-hybridized carbons (Fsp3) is 0.276. The molecular formula is C29H27N3O3. The third-order valence-corrected chi connectivity index (χ3v) is 7.73. The molecule has 176 valence electrons. The lowest BCUT2D eigenvalue weighted by atomic mass is 9.76. The molecule has 2 N–H and O–H groups in total. The van der Waals surface area contributed by atoms with Crippen molar-refractivity contribution in [3.05, 3.63) is 101 Å². The van der Waals surface area contributed by atoms with Crippen LogP contribution in [0.5, 0.6) is 0 Å². The van der Waals surface area contributed by atoms with Crippen LogP contribution < -0.4 is 10.6 Å². The number of imide groups is 1. The Balaban J connectivity index is 1.41. The highest BCUT2D eigenvalue weighted by atomic mass is 16.2. The quantitative estimate of drug-likeness (QED) is 0.568. The van der Waals surface area contributed by atoms with Gasteiger partial charge in [0.1, 0.15) is 5.54 Å². The zero-order chi connectivity index (χ0) is 24.2. The van der Waals surface area contributed by atoms with Crippen molar-refractivity contribution < 1.29 is 14.4 Å². The fourth-order valence-corrected chi connectivity index (χ4v) is 6.12. The monoisotopic (exact) mass is 465 g/mol. The van der Waals surface area contributed by atoms with Gasteiger partial charge < -0.3 is 5.32 Å².